The summed E-state index contributed by atoms with van der Waals surface area (Å²) in [6, 6.07) is 41.4. The van der Waals surface area contributed by atoms with Crippen molar-refractivity contribution >= 4 is 21.5 Å². The fraction of sp³-hybridized carbons (Fsp3) is 0.0278. The Morgan fingerprint density at radius 1 is 0.474 bits per heavy atom. The highest BCUT2D eigenvalue weighted by Crippen LogP contribution is 2.44. The Labute approximate surface area is 222 Å². The van der Waals surface area contributed by atoms with Gasteiger partial charge >= 0.3 is 0 Å². The number of pyridine rings is 1. The summed E-state index contributed by atoms with van der Waals surface area (Å²) in [5.41, 5.74) is 10.8. The molecule has 7 rings (SSSR count). The predicted molar refractivity (Wildman–Crippen MR) is 160 cm³/mol. The van der Waals surface area contributed by atoms with Gasteiger partial charge in [-0.1, -0.05) is 103 Å². The second-order valence-electron chi connectivity index (χ2n) is 9.76. The van der Waals surface area contributed by atoms with E-state index in [1.807, 2.05) is 24.5 Å². The smallest absolute Gasteiger partial charge is 0.0701 e. The molecule has 2 heterocycles. The maximum absolute atomic E-state index is 4.52. The van der Waals surface area contributed by atoms with Gasteiger partial charge in [0, 0.05) is 29.7 Å². The molecule has 7 aromatic rings. The van der Waals surface area contributed by atoms with E-state index in [1.54, 1.807) is 0 Å². The van der Waals surface area contributed by atoms with Gasteiger partial charge in [-0.05, 0) is 74.0 Å². The summed E-state index contributed by atoms with van der Waals surface area (Å²) in [5, 5.41) is 5.05. The van der Waals surface area contributed by atoms with Crippen molar-refractivity contribution in [2.45, 2.75) is 6.92 Å². The van der Waals surface area contributed by atoms with Gasteiger partial charge in [-0.25, -0.2) is 0 Å². The predicted octanol–water partition coefficient (Wildman–Crippen LogP) is 9.69. The SMILES string of the molecule is Cc1c[nH]cc1-c1ccc(-c2c3ccccc3c(-c3ccc(-c4ccccn4)cc3)c3ccccc23)cc1. The Bertz CT molecular complexity index is 1840. The topological polar surface area (TPSA) is 28.7 Å². The Balaban J connectivity index is 1.43. The van der Waals surface area contributed by atoms with E-state index in [-0.39, 0.29) is 0 Å². The Kier molecular flexibility index (Phi) is 5.37. The van der Waals surface area contributed by atoms with Crippen molar-refractivity contribution in [3.63, 3.8) is 0 Å². The molecule has 2 nitrogen and oxygen atoms in total. The van der Waals surface area contributed by atoms with Crippen molar-refractivity contribution < 1.29 is 0 Å². The Morgan fingerprint density at radius 2 is 0.947 bits per heavy atom. The fourth-order valence-electron chi connectivity index (χ4n) is 5.66. The van der Waals surface area contributed by atoms with Gasteiger partial charge in [0.15, 0.2) is 0 Å². The van der Waals surface area contributed by atoms with Crippen LogP contribution in [0.25, 0.3) is 66.2 Å². The molecule has 0 aliphatic rings. The van der Waals surface area contributed by atoms with Crippen LogP contribution in [0.4, 0.5) is 0 Å². The lowest BCUT2D eigenvalue weighted by Gasteiger charge is -2.18. The highest BCUT2D eigenvalue weighted by atomic mass is 14.7. The van der Waals surface area contributed by atoms with Crippen LogP contribution in [0.15, 0.2) is 134 Å². The summed E-state index contributed by atoms with van der Waals surface area (Å²) in [7, 11) is 0. The number of benzene rings is 5. The lowest BCUT2D eigenvalue weighted by Crippen LogP contribution is -1.91. The van der Waals surface area contributed by atoms with Crippen LogP contribution in [0.2, 0.25) is 0 Å². The second-order valence-corrected chi connectivity index (χ2v) is 9.76. The molecular formula is C36H26N2. The first kappa shape index (κ1) is 22.3. The minimum Gasteiger partial charge on any atom is -0.367 e. The number of rotatable bonds is 4. The number of aryl methyl sites for hydroxylation is 1. The molecule has 0 fully saturated rings. The third-order valence-corrected chi connectivity index (χ3v) is 7.50. The molecule has 1 N–H and O–H groups in total. The Hall–Kier alpha value is -4.95. The van der Waals surface area contributed by atoms with E-state index in [0.717, 1.165) is 11.3 Å². The Morgan fingerprint density at radius 3 is 1.39 bits per heavy atom. The molecule has 0 aliphatic carbocycles. The van der Waals surface area contributed by atoms with Crippen molar-refractivity contribution in [1.82, 2.24) is 9.97 Å². The van der Waals surface area contributed by atoms with E-state index in [4.69, 9.17) is 0 Å². The van der Waals surface area contributed by atoms with E-state index in [9.17, 15) is 0 Å². The number of aromatic nitrogens is 2. The molecule has 5 aromatic carbocycles. The third-order valence-electron chi connectivity index (χ3n) is 7.50. The minimum atomic E-state index is 0.988. The number of nitrogens with zero attached hydrogens (tertiary/aromatic N) is 1. The molecule has 0 spiro atoms. The van der Waals surface area contributed by atoms with Gasteiger partial charge < -0.3 is 4.98 Å². The molecule has 0 aliphatic heterocycles. The fourth-order valence-corrected chi connectivity index (χ4v) is 5.66. The lowest BCUT2D eigenvalue weighted by molar-refractivity contribution is 1.33. The molecule has 0 saturated heterocycles. The van der Waals surface area contributed by atoms with Crippen molar-refractivity contribution in [3.8, 4) is 44.6 Å². The zero-order chi connectivity index (χ0) is 25.5. The zero-order valence-corrected chi connectivity index (χ0v) is 21.1. The average Bonchev–Trinajstić information content (AvgIpc) is 3.42. The molecule has 0 bridgehead atoms. The van der Waals surface area contributed by atoms with E-state index >= 15 is 0 Å². The number of fused-ring (bicyclic) bond motifs is 2. The van der Waals surface area contributed by atoms with Gasteiger partial charge in [0.2, 0.25) is 0 Å². The molecule has 0 radical (unpaired) electrons. The van der Waals surface area contributed by atoms with Crippen LogP contribution in [0.5, 0.6) is 0 Å². The maximum Gasteiger partial charge on any atom is 0.0701 e. The number of hydrogen-bond acceptors (Lipinski definition) is 1. The lowest BCUT2D eigenvalue weighted by atomic mass is 9.85. The molecule has 38 heavy (non-hydrogen) atoms. The summed E-state index contributed by atoms with van der Waals surface area (Å²) in [4.78, 5) is 7.74. The van der Waals surface area contributed by atoms with Crippen molar-refractivity contribution in [3.05, 3.63) is 139 Å². The van der Waals surface area contributed by atoms with Gasteiger partial charge in [0.1, 0.15) is 0 Å². The summed E-state index contributed by atoms with van der Waals surface area (Å²) < 4.78 is 0. The number of nitrogens with one attached hydrogen (secondary N) is 1. The van der Waals surface area contributed by atoms with Crippen molar-refractivity contribution in [2.75, 3.05) is 0 Å². The first-order valence-corrected chi connectivity index (χ1v) is 13.0. The molecule has 0 atom stereocenters. The summed E-state index contributed by atoms with van der Waals surface area (Å²) in [6.45, 7) is 2.14. The van der Waals surface area contributed by atoms with Gasteiger partial charge in [0.25, 0.3) is 0 Å². The quantitative estimate of drug-likeness (QED) is 0.246. The molecule has 2 heteroatoms. The van der Waals surface area contributed by atoms with Crippen LogP contribution >= 0.6 is 0 Å². The largest absolute Gasteiger partial charge is 0.367 e. The third kappa shape index (κ3) is 3.70. The number of H-pyrrole nitrogens is 1. The molecule has 0 amide bonds. The highest BCUT2D eigenvalue weighted by Gasteiger charge is 2.16. The van der Waals surface area contributed by atoms with Crippen LogP contribution in [-0.2, 0) is 0 Å². The minimum absolute atomic E-state index is 0.988. The van der Waals surface area contributed by atoms with Crippen LogP contribution < -0.4 is 0 Å². The average molecular weight is 487 g/mol. The van der Waals surface area contributed by atoms with Crippen molar-refractivity contribution in [1.29, 1.82) is 0 Å². The van der Waals surface area contributed by atoms with Crippen molar-refractivity contribution in [2.24, 2.45) is 0 Å². The van der Waals surface area contributed by atoms with E-state index in [1.165, 1.54) is 60.5 Å². The standard InChI is InChI=1S/C36H26N2/c1-24-22-37-23-33(24)25-13-17-27(18-14-25)35-29-8-2-4-10-31(29)36(32-11-5-3-9-30(32)35)28-19-15-26(16-20-28)34-12-6-7-21-38-34/h2-23,37H,1H3. The summed E-state index contributed by atoms with van der Waals surface area (Å²) in [5.74, 6) is 0. The molecule has 0 saturated carbocycles. The molecule has 2 aromatic heterocycles. The van der Waals surface area contributed by atoms with Crippen LogP contribution in [0.3, 0.4) is 0 Å². The first-order chi connectivity index (χ1) is 18.8. The monoisotopic (exact) mass is 486 g/mol. The second kappa shape index (κ2) is 9.17. The van der Waals surface area contributed by atoms with E-state index in [0.29, 0.717) is 0 Å². The number of aromatic amines is 1. The van der Waals surface area contributed by atoms with Gasteiger partial charge in [0.05, 0.1) is 5.69 Å². The molecular weight excluding hydrogens is 460 g/mol. The van der Waals surface area contributed by atoms with Gasteiger partial charge in [-0.3, -0.25) is 4.98 Å². The normalized spacial score (nSPS) is 11.3. The summed E-state index contributed by atoms with van der Waals surface area (Å²) in [6.07, 6.45) is 5.96. The highest BCUT2D eigenvalue weighted by molar-refractivity contribution is 6.21. The van der Waals surface area contributed by atoms with Gasteiger partial charge in [-0.15, -0.1) is 0 Å². The van der Waals surface area contributed by atoms with E-state index < -0.39 is 0 Å². The van der Waals surface area contributed by atoms with Crippen LogP contribution in [-0.4, -0.2) is 9.97 Å². The first-order valence-electron chi connectivity index (χ1n) is 13.0. The van der Waals surface area contributed by atoms with E-state index in [2.05, 4.69) is 126 Å². The summed E-state index contributed by atoms with van der Waals surface area (Å²) >= 11 is 0. The maximum atomic E-state index is 4.52. The van der Waals surface area contributed by atoms with Crippen LogP contribution in [0, 0.1) is 6.92 Å². The van der Waals surface area contributed by atoms with Crippen LogP contribution in [0.1, 0.15) is 5.56 Å². The van der Waals surface area contributed by atoms with Gasteiger partial charge in [-0.2, -0.15) is 0 Å². The molecule has 0 unspecified atom stereocenters. The zero-order valence-electron chi connectivity index (χ0n) is 21.1. The molecule has 180 valence electrons. The number of hydrogen-bond donors (Lipinski definition) is 1.